The van der Waals surface area contributed by atoms with Crippen LogP contribution in [0.3, 0.4) is 0 Å². The lowest BCUT2D eigenvalue weighted by Crippen LogP contribution is -2.49. The first-order valence-electron chi connectivity index (χ1n) is 6.96. The van der Waals surface area contributed by atoms with Gasteiger partial charge in [-0.1, -0.05) is 0 Å². The molecule has 2 heterocycles. The largest absolute Gasteiger partial charge is 0.480 e. The molecule has 0 bridgehead atoms. The number of aliphatic carboxylic acids is 1. The van der Waals surface area contributed by atoms with Crippen LogP contribution in [-0.4, -0.2) is 55.3 Å². The highest BCUT2D eigenvalue weighted by molar-refractivity contribution is 8.00. The lowest BCUT2D eigenvalue weighted by atomic mass is 10.3. The summed E-state index contributed by atoms with van der Waals surface area (Å²) in [5, 5.41) is 11.8. The van der Waals surface area contributed by atoms with E-state index in [4.69, 9.17) is 5.11 Å². The minimum absolute atomic E-state index is 0.1000. The van der Waals surface area contributed by atoms with Crippen molar-refractivity contribution in [2.75, 3.05) is 12.3 Å². The van der Waals surface area contributed by atoms with Crippen molar-refractivity contribution in [1.29, 1.82) is 0 Å². The van der Waals surface area contributed by atoms with E-state index < -0.39 is 12.0 Å². The fraction of sp³-hybridized carbons (Fsp3) is 0.615. The van der Waals surface area contributed by atoms with Gasteiger partial charge in [0, 0.05) is 31.2 Å². The van der Waals surface area contributed by atoms with Crippen LogP contribution in [0.25, 0.3) is 0 Å². The molecule has 2 rings (SSSR count). The van der Waals surface area contributed by atoms with Crippen molar-refractivity contribution >= 4 is 23.8 Å². The molecule has 0 spiro atoms. The van der Waals surface area contributed by atoms with Crippen LogP contribution in [0.2, 0.25) is 0 Å². The molecule has 1 aromatic heterocycles. The summed E-state index contributed by atoms with van der Waals surface area (Å²) >= 11 is 1.49. The Bertz CT molecular complexity index is 480. The molecule has 1 aliphatic rings. The average Bonchev–Trinajstić information content (AvgIpc) is 3.07. The fourth-order valence-corrected chi connectivity index (χ4v) is 3.43. The van der Waals surface area contributed by atoms with Crippen LogP contribution in [0.15, 0.2) is 18.7 Å². The molecule has 0 saturated carbocycles. The molecule has 1 aromatic rings. The third-order valence-corrected chi connectivity index (χ3v) is 4.64. The fourth-order valence-electron chi connectivity index (χ4n) is 2.27. The van der Waals surface area contributed by atoms with E-state index >= 15 is 0 Å². The summed E-state index contributed by atoms with van der Waals surface area (Å²) in [5.74, 6) is -0.494. The van der Waals surface area contributed by atoms with Crippen LogP contribution in [0.5, 0.6) is 0 Å². The predicted octanol–water partition coefficient (Wildman–Crippen LogP) is 1.22. The summed E-state index contributed by atoms with van der Waals surface area (Å²) in [6.45, 7) is 3.27. The van der Waals surface area contributed by atoms with Gasteiger partial charge in [-0.2, -0.15) is 0 Å². The van der Waals surface area contributed by atoms with Gasteiger partial charge in [-0.3, -0.25) is 4.90 Å². The number of carboxylic acids is 1. The number of rotatable bonds is 6. The maximum absolute atomic E-state index is 12.1. The minimum Gasteiger partial charge on any atom is -0.480 e. The number of carboxylic acid groups (broad SMARTS) is 1. The first-order chi connectivity index (χ1) is 10.1. The van der Waals surface area contributed by atoms with Gasteiger partial charge in [-0.15, -0.1) is 11.8 Å². The Morgan fingerprint density at radius 1 is 1.48 bits per heavy atom. The number of aryl methyl sites for hydroxylation is 1. The summed E-state index contributed by atoms with van der Waals surface area (Å²) in [4.78, 5) is 28.6. The Kier molecular flexibility index (Phi) is 5.49. The van der Waals surface area contributed by atoms with Gasteiger partial charge in [0.25, 0.3) is 0 Å². The lowest BCUT2D eigenvalue weighted by Gasteiger charge is -2.25. The smallest absolute Gasteiger partial charge is 0.327 e. The summed E-state index contributed by atoms with van der Waals surface area (Å²) < 4.78 is 1.99. The van der Waals surface area contributed by atoms with E-state index in [1.165, 1.54) is 16.7 Å². The van der Waals surface area contributed by atoms with Crippen LogP contribution in [0.4, 0.5) is 4.79 Å². The number of aromatic nitrogens is 2. The zero-order chi connectivity index (χ0) is 15.2. The van der Waals surface area contributed by atoms with Gasteiger partial charge >= 0.3 is 12.0 Å². The van der Waals surface area contributed by atoms with E-state index in [0.29, 0.717) is 12.3 Å². The number of carbonyl (C=O) groups is 2. The van der Waals surface area contributed by atoms with Gasteiger partial charge < -0.3 is 15.0 Å². The monoisotopic (exact) mass is 312 g/mol. The number of hydrogen-bond donors (Lipinski definition) is 2. The highest BCUT2D eigenvalue weighted by atomic mass is 32.2. The second-order valence-electron chi connectivity index (χ2n) is 4.93. The van der Waals surface area contributed by atoms with Crippen molar-refractivity contribution in [2.45, 2.75) is 37.7 Å². The number of thioether (sulfide) groups is 1. The summed E-state index contributed by atoms with van der Waals surface area (Å²) in [7, 11) is 0. The number of nitrogens with one attached hydrogen (secondary N) is 1. The van der Waals surface area contributed by atoms with E-state index in [0.717, 1.165) is 19.4 Å². The molecule has 1 saturated heterocycles. The molecule has 0 aliphatic carbocycles. The Morgan fingerprint density at radius 3 is 2.95 bits per heavy atom. The third kappa shape index (κ3) is 4.13. The van der Waals surface area contributed by atoms with E-state index in [1.807, 2.05) is 17.7 Å². The molecule has 1 fully saturated rings. The molecule has 116 valence electrons. The third-order valence-electron chi connectivity index (χ3n) is 3.42. The Labute approximate surface area is 127 Å². The summed E-state index contributed by atoms with van der Waals surface area (Å²) in [6.07, 6.45) is 7.18. The molecule has 7 nitrogen and oxygen atoms in total. The van der Waals surface area contributed by atoms with Crippen LogP contribution in [0.1, 0.15) is 19.8 Å². The normalized spacial score (nSPS) is 21.5. The first-order valence-corrected chi connectivity index (χ1v) is 8.01. The van der Waals surface area contributed by atoms with Crippen molar-refractivity contribution < 1.29 is 14.7 Å². The van der Waals surface area contributed by atoms with Crippen molar-refractivity contribution in [3.63, 3.8) is 0 Å². The van der Waals surface area contributed by atoms with Crippen molar-refractivity contribution in [3.05, 3.63) is 18.7 Å². The van der Waals surface area contributed by atoms with Crippen LogP contribution < -0.4 is 5.32 Å². The summed E-state index contributed by atoms with van der Waals surface area (Å²) in [5.41, 5.74) is 0. The van der Waals surface area contributed by atoms with E-state index in [9.17, 15) is 9.59 Å². The van der Waals surface area contributed by atoms with Crippen LogP contribution in [-0.2, 0) is 11.3 Å². The molecule has 0 radical (unpaired) electrons. The average molecular weight is 312 g/mol. The number of nitrogens with zero attached hydrogens (tertiary/aromatic N) is 3. The standard InChI is InChI=1S/C13H20N4O3S/c1-10-17(11(8-21-10)12(18)19)13(20)15-4-2-3-6-16-7-5-14-9-16/h5,7,9-11H,2-4,6,8H2,1H3,(H,15,20)(H,18,19). The molecule has 2 N–H and O–H groups in total. The van der Waals surface area contributed by atoms with Crippen molar-refractivity contribution in [1.82, 2.24) is 19.8 Å². The number of unbranched alkanes of at least 4 members (excludes halogenated alkanes) is 1. The quantitative estimate of drug-likeness (QED) is 0.771. The zero-order valence-electron chi connectivity index (χ0n) is 11.9. The number of amides is 2. The molecule has 21 heavy (non-hydrogen) atoms. The highest BCUT2D eigenvalue weighted by Crippen LogP contribution is 2.28. The molecule has 8 heteroatoms. The maximum Gasteiger partial charge on any atom is 0.327 e. The SMILES string of the molecule is CC1SCC(C(=O)O)N1C(=O)NCCCCn1ccnc1. The molecule has 2 atom stereocenters. The Morgan fingerprint density at radius 2 is 2.29 bits per heavy atom. The lowest BCUT2D eigenvalue weighted by molar-refractivity contribution is -0.141. The Hall–Kier alpha value is -1.70. The molecule has 2 unspecified atom stereocenters. The topological polar surface area (TPSA) is 87.5 Å². The summed E-state index contributed by atoms with van der Waals surface area (Å²) in [6, 6.07) is -1.02. The molecular weight excluding hydrogens is 292 g/mol. The number of imidazole rings is 1. The number of urea groups is 1. The van der Waals surface area contributed by atoms with Gasteiger partial charge in [-0.05, 0) is 19.8 Å². The highest BCUT2D eigenvalue weighted by Gasteiger charge is 2.39. The first kappa shape index (κ1) is 15.7. The van der Waals surface area contributed by atoms with Crippen molar-refractivity contribution in [3.8, 4) is 0 Å². The minimum atomic E-state index is -0.942. The maximum atomic E-state index is 12.1. The zero-order valence-corrected chi connectivity index (χ0v) is 12.8. The Balaban J connectivity index is 1.70. The number of carbonyl (C=O) groups excluding carboxylic acids is 1. The van der Waals surface area contributed by atoms with Gasteiger partial charge in [0.05, 0.1) is 11.7 Å². The van der Waals surface area contributed by atoms with Gasteiger partial charge in [0.1, 0.15) is 6.04 Å². The second-order valence-corrected chi connectivity index (χ2v) is 6.28. The van der Waals surface area contributed by atoms with Gasteiger partial charge in [0.2, 0.25) is 0 Å². The van der Waals surface area contributed by atoms with Gasteiger partial charge in [-0.25, -0.2) is 14.6 Å². The molecular formula is C13H20N4O3S. The second kappa shape index (κ2) is 7.35. The van der Waals surface area contributed by atoms with E-state index in [2.05, 4.69) is 10.3 Å². The van der Waals surface area contributed by atoms with Crippen LogP contribution >= 0.6 is 11.8 Å². The molecule has 2 amide bonds. The molecule has 0 aromatic carbocycles. The predicted molar refractivity (Wildman–Crippen MR) is 80.0 cm³/mol. The van der Waals surface area contributed by atoms with Crippen molar-refractivity contribution in [2.24, 2.45) is 0 Å². The molecule has 1 aliphatic heterocycles. The number of hydrogen-bond acceptors (Lipinski definition) is 4. The van der Waals surface area contributed by atoms with Gasteiger partial charge in [0.15, 0.2) is 0 Å². The van der Waals surface area contributed by atoms with Crippen LogP contribution in [0, 0.1) is 0 Å². The van der Waals surface area contributed by atoms with E-state index in [-0.39, 0.29) is 11.4 Å². The van der Waals surface area contributed by atoms with E-state index in [1.54, 1.807) is 12.5 Å².